The van der Waals surface area contributed by atoms with E-state index in [-0.39, 0.29) is 11.2 Å². The largest absolute Gasteiger partial charge is 0.309 e. The number of carbonyl (C=O) groups excluding carboxylic acids is 1. The molecular formula is C13H19N3OS. The predicted molar refractivity (Wildman–Crippen MR) is 75.9 cm³/mol. The van der Waals surface area contributed by atoms with E-state index in [1.807, 2.05) is 31.1 Å². The molecule has 1 aliphatic rings. The Balaban J connectivity index is 2.02. The number of hydrogen-bond donors (Lipinski definition) is 0. The van der Waals surface area contributed by atoms with E-state index in [4.69, 9.17) is 0 Å². The van der Waals surface area contributed by atoms with E-state index in [1.54, 1.807) is 22.6 Å². The summed E-state index contributed by atoms with van der Waals surface area (Å²) in [5.41, 5.74) is 0.916. The molecule has 1 aliphatic heterocycles. The first kappa shape index (κ1) is 13.2. The standard InChI is InChI=1S/C13H19N3OS/c1-3-4-8-18-12-6-5-7-16(13(12)17)11-9-14-15(2)10-11/h3-4,9-10,12H,5-8H2,1-2H3/b4-3+. The van der Waals surface area contributed by atoms with Crippen LogP contribution in [0.25, 0.3) is 0 Å². The maximum absolute atomic E-state index is 12.4. The van der Waals surface area contributed by atoms with Crippen LogP contribution in [-0.2, 0) is 11.8 Å². The Hall–Kier alpha value is -1.23. The fourth-order valence-corrected chi connectivity index (χ4v) is 3.21. The normalized spacial score (nSPS) is 20.9. The van der Waals surface area contributed by atoms with E-state index in [1.165, 1.54) is 0 Å². The highest BCUT2D eigenvalue weighted by molar-refractivity contribution is 8.00. The lowest BCUT2D eigenvalue weighted by atomic mass is 10.1. The summed E-state index contributed by atoms with van der Waals surface area (Å²) in [6.45, 7) is 2.82. The number of hydrogen-bond acceptors (Lipinski definition) is 3. The van der Waals surface area contributed by atoms with Gasteiger partial charge in [0.1, 0.15) is 0 Å². The smallest absolute Gasteiger partial charge is 0.240 e. The minimum atomic E-state index is 0.0927. The van der Waals surface area contributed by atoms with Crippen molar-refractivity contribution in [2.75, 3.05) is 17.2 Å². The molecule has 0 bridgehead atoms. The van der Waals surface area contributed by atoms with Gasteiger partial charge in [-0.3, -0.25) is 9.48 Å². The first-order valence-electron chi connectivity index (χ1n) is 6.25. The number of aromatic nitrogens is 2. The number of aryl methyl sites for hydroxylation is 1. The van der Waals surface area contributed by atoms with Crippen LogP contribution in [0.4, 0.5) is 5.69 Å². The maximum atomic E-state index is 12.4. The third kappa shape index (κ3) is 2.96. The average molecular weight is 265 g/mol. The van der Waals surface area contributed by atoms with Gasteiger partial charge in [-0.15, -0.1) is 11.8 Å². The summed E-state index contributed by atoms with van der Waals surface area (Å²) >= 11 is 1.73. The molecule has 5 heteroatoms. The van der Waals surface area contributed by atoms with E-state index in [0.29, 0.717) is 0 Å². The van der Waals surface area contributed by atoms with Crippen LogP contribution in [0.1, 0.15) is 19.8 Å². The van der Waals surface area contributed by atoms with Crippen molar-refractivity contribution >= 4 is 23.4 Å². The van der Waals surface area contributed by atoms with E-state index in [0.717, 1.165) is 30.8 Å². The van der Waals surface area contributed by atoms with Crippen LogP contribution < -0.4 is 4.90 Å². The maximum Gasteiger partial charge on any atom is 0.240 e. The van der Waals surface area contributed by atoms with Crippen LogP contribution in [0.3, 0.4) is 0 Å². The lowest BCUT2D eigenvalue weighted by molar-refractivity contribution is -0.119. The van der Waals surface area contributed by atoms with Crippen molar-refractivity contribution < 1.29 is 4.79 Å². The van der Waals surface area contributed by atoms with Crippen molar-refractivity contribution in [3.63, 3.8) is 0 Å². The Morgan fingerprint density at radius 3 is 3.11 bits per heavy atom. The van der Waals surface area contributed by atoms with Crippen LogP contribution in [0, 0.1) is 0 Å². The SMILES string of the molecule is C/C=C/CSC1CCCN(c2cnn(C)c2)C1=O. The quantitative estimate of drug-likeness (QED) is 0.784. The molecule has 0 N–H and O–H groups in total. The molecule has 2 heterocycles. The molecule has 98 valence electrons. The number of anilines is 1. The molecule has 4 nitrogen and oxygen atoms in total. The van der Waals surface area contributed by atoms with Crippen LogP contribution in [0.2, 0.25) is 0 Å². The Bertz CT molecular complexity index is 441. The van der Waals surface area contributed by atoms with Crippen molar-refractivity contribution in [2.24, 2.45) is 7.05 Å². The summed E-state index contributed by atoms with van der Waals surface area (Å²) in [6, 6.07) is 0. The van der Waals surface area contributed by atoms with Crippen LogP contribution in [-0.4, -0.2) is 33.2 Å². The molecule has 1 amide bonds. The zero-order chi connectivity index (χ0) is 13.0. The van der Waals surface area contributed by atoms with Crippen LogP contribution in [0.5, 0.6) is 0 Å². The molecule has 1 saturated heterocycles. The lowest BCUT2D eigenvalue weighted by Gasteiger charge is -2.30. The predicted octanol–water partition coefficient (Wildman–Crippen LogP) is 2.22. The molecule has 0 aromatic carbocycles. The molecule has 2 rings (SSSR count). The minimum absolute atomic E-state index is 0.0927. The Morgan fingerprint density at radius 1 is 1.61 bits per heavy atom. The number of allylic oxidation sites excluding steroid dienone is 1. The molecule has 0 radical (unpaired) electrons. The molecule has 1 aromatic heterocycles. The third-order valence-electron chi connectivity index (χ3n) is 3.02. The Labute approximate surface area is 112 Å². The van der Waals surface area contributed by atoms with Gasteiger partial charge in [0.15, 0.2) is 0 Å². The first-order chi connectivity index (χ1) is 8.72. The second-order valence-electron chi connectivity index (χ2n) is 4.40. The number of rotatable bonds is 4. The van der Waals surface area contributed by atoms with Crippen molar-refractivity contribution in [3.05, 3.63) is 24.5 Å². The summed E-state index contributed by atoms with van der Waals surface area (Å²) in [5, 5.41) is 4.22. The molecule has 0 spiro atoms. The fourth-order valence-electron chi connectivity index (χ4n) is 2.07. The van der Waals surface area contributed by atoms with E-state index in [9.17, 15) is 4.79 Å². The number of amides is 1. The summed E-state index contributed by atoms with van der Waals surface area (Å²) in [5.74, 6) is 1.14. The summed E-state index contributed by atoms with van der Waals surface area (Å²) in [7, 11) is 1.87. The van der Waals surface area contributed by atoms with Gasteiger partial charge in [0.05, 0.1) is 17.1 Å². The van der Waals surface area contributed by atoms with Crippen molar-refractivity contribution in [3.8, 4) is 0 Å². The number of thioether (sulfide) groups is 1. The van der Waals surface area contributed by atoms with Gasteiger partial charge in [0.2, 0.25) is 5.91 Å². The Kier molecular flexibility index (Phi) is 4.47. The second kappa shape index (κ2) is 6.09. The molecular weight excluding hydrogens is 246 g/mol. The van der Waals surface area contributed by atoms with Gasteiger partial charge in [-0.2, -0.15) is 5.10 Å². The molecule has 1 fully saturated rings. The summed E-state index contributed by atoms with van der Waals surface area (Å²) in [6.07, 6.45) is 9.83. The van der Waals surface area contributed by atoms with Crippen LogP contribution >= 0.6 is 11.8 Å². The molecule has 0 saturated carbocycles. The minimum Gasteiger partial charge on any atom is -0.309 e. The van der Waals surface area contributed by atoms with Gasteiger partial charge < -0.3 is 4.90 Å². The van der Waals surface area contributed by atoms with Gasteiger partial charge in [-0.05, 0) is 19.8 Å². The second-order valence-corrected chi connectivity index (χ2v) is 5.63. The highest BCUT2D eigenvalue weighted by atomic mass is 32.2. The highest BCUT2D eigenvalue weighted by Crippen LogP contribution is 2.27. The fraction of sp³-hybridized carbons (Fsp3) is 0.538. The highest BCUT2D eigenvalue weighted by Gasteiger charge is 2.30. The van der Waals surface area contributed by atoms with Crippen molar-refractivity contribution in [2.45, 2.75) is 25.0 Å². The third-order valence-corrected chi connectivity index (χ3v) is 4.25. The van der Waals surface area contributed by atoms with Crippen molar-refractivity contribution in [1.82, 2.24) is 9.78 Å². The van der Waals surface area contributed by atoms with Gasteiger partial charge in [-0.25, -0.2) is 0 Å². The summed E-state index contributed by atoms with van der Waals surface area (Å²) < 4.78 is 1.74. The summed E-state index contributed by atoms with van der Waals surface area (Å²) in [4.78, 5) is 14.2. The van der Waals surface area contributed by atoms with Gasteiger partial charge in [0.25, 0.3) is 0 Å². The van der Waals surface area contributed by atoms with E-state index in [2.05, 4.69) is 11.2 Å². The zero-order valence-corrected chi connectivity index (χ0v) is 11.7. The average Bonchev–Trinajstić information content (AvgIpc) is 2.78. The van der Waals surface area contributed by atoms with Crippen molar-refractivity contribution in [1.29, 1.82) is 0 Å². The molecule has 18 heavy (non-hydrogen) atoms. The Morgan fingerprint density at radius 2 is 2.44 bits per heavy atom. The van der Waals surface area contributed by atoms with E-state index < -0.39 is 0 Å². The number of carbonyl (C=O) groups is 1. The number of piperidine rings is 1. The molecule has 1 aromatic rings. The number of nitrogens with zero attached hydrogens (tertiary/aromatic N) is 3. The van der Waals surface area contributed by atoms with E-state index >= 15 is 0 Å². The molecule has 1 atom stereocenters. The zero-order valence-electron chi connectivity index (χ0n) is 10.9. The monoisotopic (exact) mass is 265 g/mol. The van der Waals surface area contributed by atoms with Crippen LogP contribution in [0.15, 0.2) is 24.5 Å². The van der Waals surface area contributed by atoms with Gasteiger partial charge in [0, 0.05) is 25.5 Å². The lowest BCUT2D eigenvalue weighted by Crippen LogP contribution is -2.42. The van der Waals surface area contributed by atoms with Gasteiger partial charge in [-0.1, -0.05) is 12.2 Å². The first-order valence-corrected chi connectivity index (χ1v) is 7.30. The van der Waals surface area contributed by atoms with Gasteiger partial charge >= 0.3 is 0 Å². The topological polar surface area (TPSA) is 38.1 Å². The molecule has 0 aliphatic carbocycles. The molecule has 1 unspecified atom stereocenters.